The lowest BCUT2D eigenvalue weighted by Crippen LogP contribution is -2.09. The summed E-state index contributed by atoms with van der Waals surface area (Å²) >= 11 is 24.3. The Morgan fingerprint density at radius 1 is 0.778 bits per heavy atom. The van der Waals surface area contributed by atoms with Crippen molar-refractivity contribution in [1.82, 2.24) is 0 Å². The minimum absolute atomic E-state index is 0.167. The molecule has 2 aromatic carbocycles. The zero-order chi connectivity index (χ0) is 13.1. The third-order valence-corrected chi connectivity index (χ3v) is 3.82. The van der Waals surface area contributed by atoms with Crippen LogP contribution in [0, 0.1) is 0 Å². The topological polar surface area (TPSA) is 0 Å². The lowest BCUT2D eigenvalue weighted by Gasteiger charge is -2.20. The van der Waals surface area contributed by atoms with Crippen molar-refractivity contribution in [3.63, 3.8) is 0 Å². The zero-order valence-electron chi connectivity index (χ0n) is 9.29. The van der Waals surface area contributed by atoms with Crippen molar-refractivity contribution in [3.8, 4) is 0 Å². The molecule has 0 bridgehead atoms. The standard InChI is InChI=1S/C14H10Cl4/c15-10-7-5-9(6-8-10)13(14(17)18)11-3-1-2-4-12(11)16/h1-8,13-14H/i5+1,6+1,7+1,8+1,9+1,10+1. The van der Waals surface area contributed by atoms with Crippen molar-refractivity contribution in [2.24, 2.45) is 0 Å². The molecule has 1 unspecified atom stereocenters. The summed E-state index contributed by atoms with van der Waals surface area (Å²) in [5.41, 5.74) is 1.90. The number of rotatable bonds is 3. The van der Waals surface area contributed by atoms with Gasteiger partial charge in [-0.2, -0.15) is 0 Å². The zero-order valence-corrected chi connectivity index (χ0v) is 12.3. The Labute approximate surface area is 126 Å². The van der Waals surface area contributed by atoms with Crippen molar-refractivity contribution in [2.75, 3.05) is 0 Å². The molecule has 2 aromatic rings. The molecule has 0 radical (unpaired) electrons. The maximum absolute atomic E-state index is 6.20. The number of hydrogen-bond acceptors (Lipinski definition) is 0. The molecular weight excluding hydrogens is 316 g/mol. The monoisotopic (exact) mass is 324 g/mol. The Kier molecular flexibility index (Phi) is 4.80. The van der Waals surface area contributed by atoms with Crippen LogP contribution in [0.1, 0.15) is 17.0 Å². The summed E-state index contributed by atoms with van der Waals surface area (Å²) in [6, 6.07) is 15.0. The van der Waals surface area contributed by atoms with E-state index in [0.717, 1.165) is 11.1 Å². The number of halogens is 4. The minimum Gasteiger partial charge on any atom is -0.104 e. The van der Waals surface area contributed by atoms with E-state index in [9.17, 15) is 0 Å². The van der Waals surface area contributed by atoms with E-state index in [4.69, 9.17) is 46.4 Å². The molecule has 0 nitrogen and oxygen atoms in total. The smallest absolute Gasteiger partial charge is 0.104 e. The van der Waals surface area contributed by atoms with Gasteiger partial charge in [0, 0.05) is 16.0 Å². The third kappa shape index (κ3) is 3.13. The van der Waals surface area contributed by atoms with Gasteiger partial charge in [-0.3, -0.25) is 0 Å². The van der Waals surface area contributed by atoms with Crippen LogP contribution in [0.2, 0.25) is 10.0 Å². The molecule has 0 saturated heterocycles. The maximum Gasteiger partial charge on any atom is 0.118 e. The molecule has 0 aliphatic carbocycles. The van der Waals surface area contributed by atoms with Gasteiger partial charge >= 0.3 is 0 Å². The van der Waals surface area contributed by atoms with Crippen molar-refractivity contribution in [2.45, 2.75) is 10.8 Å². The first-order valence-electron chi connectivity index (χ1n) is 5.37. The van der Waals surface area contributed by atoms with E-state index in [2.05, 4.69) is 0 Å². The first-order chi connectivity index (χ1) is 8.59. The second kappa shape index (κ2) is 6.16. The average molecular weight is 326 g/mol. The quantitative estimate of drug-likeness (QED) is 0.613. The Morgan fingerprint density at radius 3 is 1.94 bits per heavy atom. The maximum atomic E-state index is 6.20. The van der Waals surface area contributed by atoms with Crippen molar-refractivity contribution in [3.05, 3.63) is 69.7 Å². The molecule has 2 rings (SSSR count). The fourth-order valence-electron chi connectivity index (χ4n) is 1.86. The number of alkyl halides is 2. The molecule has 0 amide bonds. The van der Waals surface area contributed by atoms with Gasteiger partial charge in [0.05, 0.1) is 0 Å². The van der Waals surface area contributed by atoms with Gasteiger partial charge in [-0.15, -0.1) is 23.2 Å². The fraction of sp³-hybridized carbons (Fsp3) is 0.143. The van der Waals surface area contributed by atoms with E-state index in [1.54, 1.807) is 0 Å². The van der Waals surface area contributed by atoms with Crippen LogP contribution >= 0.6 is 46.4 Å². The van der Waals surface area contributed by atoms with E-state index in [0.29, 0.717) is 10.0 Å². The second-order valence-corrected chi connectivity index (χ2v) is 5.89. The van der Waals surface area contributed by atoms with Crippen LogP contribution in [0.25, 0.3) is 0 Å². The van der Waals surface area contributed by atoms with Gasteiger partial charge in [-0.25, -0.2) is 0 Å². The van der Waals surface area contributed by atoms with Crippen LogP contribution in [0.3, 0.4) is 0 Å². The van der Waals surface area contributed by atoms with Gasteiger partial charge in [-0.1, -0.05) is 53.5 Å². The van der Waals surface area contributed by atoms with Gasteiger partial charge < -0.3 is 0 Å². The molecule has 18 heavy (non-hydrogen) atoms. The van der Waals surface area contributed by atoms with Crippen LogP contribution < -0.4 is 0 Å². The molecular formula is C14H10Cl4. The van der Waals surface area contributed by atoms with Crippen molar-refractivity contribution >= 4 is 46.4 Å². The predicted molar refractivity (Wildman–Crippen MR) is 80.2 cm³/mol. The Balaban J connectivity index is 2.47. The average Bonchev–Trinajstić information content (AvgIpc) is 2.34. The molecule has 4 heteroatoms. The van der Waals surface area contributed by atoms with Gasteiger partial charge in [-0.05, 0) is 29.3 Å². The highest BCUT2D eigenvalue weighted by molar-refractivity contribution is 6.45. The molecule has 0 aromatic heterocycles. The summed E-state index contributed by atoms with van der Waals surface area (Å²) in [5, 5.41) is 1.33. The Hall–Kier alpha value is -0.400. The van der Waals surface area contributed by atoms with Gasteiger partial charge in [0.2, 0.25) is 0 Å². The first kappa shape index (κ1) is 14.0. The molecule has 0 heterocycles. The molecule has 0 aliphatic rings. The van der Waals surface area contributed by atoms with Crippen molar-refractivity contribution in [1.29, 1.82) is 0 Å². The summed E-state index contributed by atoms with van der Waals surface area (Å²) in [5.74, 6) is -0.167. The number of hydrogen-bond donors (Lipinski definition) is 0. The molecule has 0 saturated carbocycles. The summed E-state index contributed by atoms with van der Waals surface area (Å²) < 4.78 is 0. The lowest BCUT2D eigenvalue weighted by atomic mass is 10.1. The summed E-state index contributed by atoms with van der Waals surface area (Å²) in [6.07, 6.45) is 0. The summed E-state index contributed by atoms with van der Waals surface area (Å²) in [7, 11) is 0. The molecule has 0 N–H and O–H groups in total. The van der Waals surface area contributed by atoms with Crippen LogP contribution in [0.5, 0.6) is 0 Å². The first-order valence-corrected chi connectivity index (χ1v) is 7.00. The van der Waals surface area contributed by atoms with Crippen LogP contribution in [0.15, 0.2) is 48.5 Å². The van der Waals surface area contributed by atoms with Gasteiger partial charge in [0.25, 0.3) is 0 Å². The van der Waals surface area contributed by atoms with Gasteiger partial charge in [0.1, 0.15) is 4.84 Å². The molecule has 94 valence electrons. The largest absolute Gasteiger partial charge is 0.118 e. The molecule has 0 aliphatic heterocycles. The van der Waals surface area contributed by atoms with Crippen molar-refractivity contribution < 1.29 is 0 Å². The summed E-state index contributed by atoms with van der Waals surface area (Å²) in [6.45, 7) is 0. The van der Waals surface area contributed by atoms with E-state index in [-0.39, 0.29) is 5.92 Å². The highest BCUT2D eigenvalue weighted by Gasteiger charge is 2.23. The van der Waals surface area contributed by atoms with E-state index in [1.165, 1.54) is 0 Å². The van der Waals surface area contributed by atoms with E-state index < -0.39 is 4.84 Å². The SMILES string of the molecule is Clc1ccccc1C(C(Cl)Cl)[13c]1[13cH][13cH][13c](Cl)[13cH][13cH]1. The highest BCUT2D eigenvalue weighted by atomic mass is 35.5. The third-order valence-electron chi connectivity index (χ3n) is 2.72. The van der Waals surface area contributed by atoms with Crippen LogP contribution in [-0.4, -0.2) is 4.84 Å². The minimum atomic E-state index is -0.578. The summed E-state index contributed by atoms with van der Waals surface area (Å²) in [4.78, 5) is -0.578. The number of benzene rings is 2. The Bertz CT molecular complexity index is 520. The lowest BCUT2D eigenvalue weighted by molar-refractivity contribution is 0.887. The van der Waals surface area contributed by atoms with E-state index in [1.807, 2.05) is 48.5 Å². The van der Waals surface area contributed by atoms with Crippen LogP contribution in [-0.2, 0) is 0 Å². The van der Waals surface area contributed by atoms with Gasteiger partial charge in [0.15, 0.2) is 0 Å². The predicted octanol–water partition coefficient (Wildman–Crippen LogP) is 5.93. The molecule has 1 atom stereocenters. The highest BCUT2D eigenvalue weighted by Crippen LogP contribution is 2.37. The normalized spacial score (nSPS) is 12.7. The molecule has 0 spiro atoms. The second-order valence-electron chi connectivity index (χ2n) is 3.89. The van der Waals surface area contributed by atoms with Crippen LogP contribution in [0.4, 0.5) is 0 Å². The van der Waals surface area contributed by atoms with E-state index >= 15 is 0 Å². The molecule has 0 fully saturated rings. The fourth-order valence-corrected chi connectivity index (χ4v) is 2.80. The Morgan fingerprint density at radius 2 is 1.39 bits per heavy atom.